The third-order valence-electron chi connectivity index (χ3n) is 3.56. The molecule has 0 saturated carbocycles. The smallest absolute Gasteiger partial charge is 0.331 e. The highest BCUT2D eigenvalue weighted by molar-refractivity contribution is 6.32. The number of halogens is 1. The minimum absolute atomic E-state index is 0.0134. The molecule has 0 unspecified atom stereocenters. The van der Waals surface area contributed by atoms with Gasteiger partial charge in [-0.05, 0) is 17.7 Å². The third-order valence-corrected chi connectivity index (χ3v) is 3.88. The number of ether oxygens (including phenoxy) is 3. The first kappa shape index (κ1) is 21.7. The van der Waals surface area contributed by atoms with E-state index in [1.165, 1.54) is 38.5 Å². The van der Waals surface area contributed by atoms with Gasteiger partial charge in [0.1, 0.15) is 16.5 Å². The number of esters is 1. The lowest BCUT2D eigenvalue weighted by atomic mass is 10.2. The average molecular weight is 421 g/mol. The monoisotopic (exact) mass is 420 g/mol. The van der Waals surface area contributed by atoms with Crippen molar-refractivity contribution in [1.29, 1.82) is 0 Å². The summed E-state index contributed by atoms with van der Waals surface area (Å²) in [7, 11) is 2.95. The van der Waals surface area contributed by atoms with E-state index in [2.05, 4.69) is 5.32 Å². The molecule has 2 aromatic rings. The molecule has 0 aromatic heterocycles. The minimum atomic E-state index is -0.791. The van der Waals surface area contributed by atoms with Crippen LogP contribution in [-0.4, -0.2) is 37.6 Å². The number of anilines is 1. The van der Waals surface area contributed by atoms with E-state index < -0.39 is 23.4 Å². The highest BCUT2D eigenvalue weighted by Gasteiger charge is 2.12. The zero-order valence-electron chi connectivity index (χ0n) is 15.5. The van der Waals surface area contributed by atoms with E-state index >= 15 is 0 Å². The van der Waals surface area contributed by atoms with Gasteiger partial charge in [0, 0.05) is 36.0 Å². The zero-order chi connectivity index (χ0) is 21.4. The van der Waals surface area contributed by atoms with Gasteiger partial charge in [0.2, 0.25) is 0 Å². The van der Waals surface area contributed by atoms with Crippen LogP contribution in [0.3, 0.4) is 0 Å². The molecular weight excluding hydrogens is 404 g/mol. The van der Waals surface area contributed by atoms with E-state index in [0.717, 1.165) is 6.08 Å². The van der Waals surface area contributed by atoms with E-state index in [0.29, 0.717) is 22.7 Å². The number of hydrogen-bond donors (Lipinski definition) is 1. The Balaban J connectivity index is 1.92. The Morgan fingerprint density at radius 3 is 2.38 bits per heavy atom. The van der Waals surface area contributed by atoms with Gasteiger partial charge in [0.15, 0.2) is 6.61 Å². The second kappa shape index (κ2) is 10.1. The number of nitro benzene ring substituents is 1. The molecule has 0 bridgehead atoms. The van der Waals surface area contributed by atoms with Crippen molar-refractivity contribution in [2.24, 2.45) is 0 Å². The first-order valence-electron chi connectivity index (χ1n) is 8.14. The standard InChI is InChI=1S/C19H17ClN2O7/c1-27-14-8-13(9-15(10-14)28-2)21-18(23)11-29-19(24)6-4-12-3-5-16(20)17(7-12)22(25)26/h3-10H,11H2,1-2H3,(H,21,23)/b6-4+. The Morgan fingerprint density at radius 1 is 1.14 bits per heavy atom. The lowest BCUT2D eigenvalue weighted by Crippen LogP contribution is -2.20. The predicted octanol–water partition coefficient (Wildman–Crippen LogP) is 3.46. The quantitative estimate of drug-likeness (QED) is 0.301. The molecular formula is C19H17ClN2O7. The average Bonchev–Trinajstić information content (AvgIpc) is 2.70. The SMILES string of the molecule is COc1cc(NC(=O)COC(=O)/C=C/c2ccc(Cl)c([N+](=O)[O-])c2)cc(OC)c1. The fraction of sp³-hybridized carbons (Fsp3) is 0.158. The molecule has 10 heteroatoms. The number of nitro groups is 1. The van der Waals surface area contributed by atoms with Crippen LogP contribution in [0.15, 0.2) is 42.5 Å². The number of nitrogens with zero attached hydrogens (tertiary/aromatic N) is 1. The van der Waals surface area contributed by atoms with Crippen molar-refractivity contribution in [1.82, 2.24) is 0 Å². The van der Waals surface area contributed by atoms with Crippen LogP contribution in [-0.2, 0) is 14.3 Å². The maximum atomic E-state index is 12.0. The number of nitrogens with one attached hydrogen (secondary N) is 1. The molecule has 2 aromatic carbocycles. The minimum Gasteiger partial charge on any atom is -0.497 e. The van der Waals surface area contributed by atoms with Crippen LogP contribution in [0.1, 0.15) is 5.56 Å². The summed E-state index contributed by atoms with van der Waals surface area (Å²) < 4.78 is 15.1. The highest BCUT2D eigenvalue weighted by Crippen LogP contribution is 2.26. The van der Waals surface area contributed by atoms with Gasteiger partial charge in [-0.25, -0.2) is 4.79 Å². The molecule has 29 heavy (non-hydrogen) atoms. The number of benzene rings is 2. The van der Waals surface area contributed by atoms with Crippen LogP contribution in [0, 0.1) is 10.1 Å². The van der Waals surface area contributed by atoms with Crippen molar-refractivity contribution in [3.05, 3.63) is 63.2 Å². The van der Waals surface area contributed by atoms with Gasteiger partial charge in [0.25, 0.3) is 11.6 Å². The number of hydrogen-bond acceptors (Lipinski definition) is 7. The van der Waals surface area contributed by atoms with Crippen LogP contribution in [0.5, 0.6) is 11.5 Å². The van der Waals surface area contributed by atoms with Crippen molar-refractivity contribution >= 4 is 40.9 Å². The second-order valence-electron chi connectivity index (χ2n) is 5.56. The Labute approximate surface area is 171 Å². The fourth-order valence-corrected chi connectivity index (χ4v) is 2.39. The molecule has 0 aliphatic carbocycles. The topological polar surface area (TPSA) is 117 Å². The van der Waals surface area contributed by atoms with Crippen molar-refractivity contribution in [2.45, 2.75) is 0 Å². The maximum absolute atomic E-state index is 12.0. The fourth-order valence-electron chi connectivity index (χ4n) is 2.20. The molecule has 0 spiro atoms. The van der Waals surface area contributed by atoms with Crippen LogP contribution in [0.2, 0.25) is 5.02 Å². The summed E-state index contributed by atoms with van der Waals surface area (Å²) in [5.41, 5.74) is 0.507. The van der Waals surface area contributed by atoms with Gasteiger partial charge in [-0.2, -0.15) is 0 Å². The summed E-state index contributed by atoms with van der Waals surface area (Å²) in [6, 6.07) is 8.87. The summed E-state index contributed by atoms with van der Waals surface area (Å²) >= 11 is 5.73. The van der Waals surface area contributed by atoms with Gasteiger partial charge in [-0.15, -0.1) is 0 Å². The van der Waals surface area contributed by atoms with E-state index in [1.54, 1.807) is 18.2 Å². The van der Waals surface area contributed by atoms with E-state index in [-0.39, 0.29) is 10.7 Å². The molecule has 1 N–H and O–H groups in total. The van der Waals surface area contributed by atoms with E-state index in [4.69, 9.17) is 25.8 Å². The first-order chi connectivity index (χ1) is 13.8. The molecule has 1 amide bonds. The molecule has 152 valence electrons. The lowest BCUT2D eigenvalue weighted by molar-refractivity contribution is -0.384. The molecule has 0 aliphatic heterocycles. The molecule has 0 atom stereocenters. The summed E-state index contributed by atoms with van der Waals surface area (Å²) in [4.78, 5) is 34.0. The van der Waals surface area contributed by atoms with E-state index in [9.17, 15) is 19.7 Å². The Bertz CT molecular complexity index is 937. The number of rotatable bonds is 8. The molecule has 0 fully saturated rings. The van der Waals surface area contributed by atoms with Crippen LogP contribution in [0.4, 0.5) is 11.4 Å². The first-order valence-corrected chi connectivity index (χ1v) is 8.52. The summed E-state index contributed by atoms with van der Waals surface area (Å²) in [5.74, 6) is -0.390. The van der Waals surface area contributed by atoms with Crippen LogP contribution < -0.4 is 14.8 Å². The van der Waals surface area contributed by atoms with Gasteiger partial charge in [0.05, 0.1) is 19.1 Å². The number of carbonyl (C=O) groups is 2. The van der Waals surface area contributed by atoms with Crippen LogP contribution >= 0.6 is 11.6 Å². The normalized spacial score (nSPS) is 10.4. The maximum Gasteiger partial charge on any atom is 0.331 e. The highest BCUT2D eigenvalue weighted by atomic mass is 35.5. The van der Waals surface area contributed by atoms with Gasteiger partial charge < -0.3 is 19.5 Å². The number of amides is 1. The zero-order valence-corrected chi connectivity index (χ0v) is 16.3. The number of methoxy groups -OCH3 is 2. The van der Waals surface area contributed by atoms with Gasteiger partial charge in [-0.1, -0.05) is 17.7 Å². The Kier molecular flexibility index (Phi) is 7.55. The van der Waals surface area contributed by atoms with Crippen molar-refractivity contribution in [3.63, 3.8) is 0 Å². The Hall–Kier alpha value is -3.59. The summed E-state index contributed by atoms with van der Waals surface area (Å²) in [6.45, 7) is -0.524. The van der Waals surface area contributed by atoms with Crippen LogP contribution in [0.25, 0.3) is 6.08 Å². The molecule has 0 saturated heterocycles. The van der Waals surface area contributed by atoms with Gasteiger partial charge in [-0.3, -0.25) is 14.9 Å². The third kappa shape index (κ3) is 6.51. The summed E-state index contributed by atoms with van der Waals surface area (Å²) in [6.07, 6.45) is 2.37. The largest absolute Gasteiger partial charge is 0.497 e. The summed E-state index contributed by atoms with van der Waals surface area (Å²) in [5, 5.41) is 13.4. The Morgan fingerprint density at radius 2 is 1.79 bits per heavy atom. The lowest BCUT2D eigenvalue weighted by Gasteiger charge is -2.09. The molecule has 0 radical (unpaired) electrons. The molecule has 9 nitrogen and oxygen atoms in total. The second-order valence-corrected chi connectivity index (χ2v) is 5.97. The van der Waals surface area contributed by atoms with Crippen molar-refractivity contribution in [2.75, 3.05) is 26.1 Å². The van der Waals surface area contributed by atoms with E-state index in [1.807, 2.05) is 0 Å². The number of carbonyl (C=O) groups excluding carboxylic acids is 2. The molecule has 2 rings (SSSR count). The molecule has 0 aliphatic rings. The van der Waals surface area contributed by atoms with Crippen molar-refractivity contribution in [3.8, 4) is 11.5 Å². The predicted molar refractivity (Wildman–Crippen MR) is 106 cm³/mol. The van der Waals surface area contributed by atoms with Crippen molar-refractivity contribution < 1.29 is 28.7 Å². The molecule has 0 heterocycles. The van der Waals surface area contributed by atoms with Gasteiger partial charge >= 0.3 is 5.97 Å².